The van der Waals surface area contributed by atoms with Crippen molar-refractivity contribution in [1.29, 1.82) is 0 Å². The van der Waals surface area contributed by atoms with E-state index in [1.54, 1.807) is 17.8 Å². The number of hydrogen-bond acceptors (Lipinski definition) is 4. The van der Waals surface area contributed by atoms with Gasteiger partial charge in [-0.1, -0.05) is 24.6 Å². The third-order valence-corrected chi connectivity index (χ3v) is 6.05. The molecule has 1 heterocycles. The number of hydrogen-bond donors (Lipinski definition) is 1. The summed E-state index contributed by atoms with van der Waals surface area (Å²) in [4.78, 5) is 12.0. The zero-order valence-electron chi connectivity index (χ0n) is 12.6. The summed E-state index contributed by atoms with van der Waals surface area (Å²) in [6, 6.07) is 5.45. The highest BCUT2D eigenvalue weighted by Crippen LogP contribution is 2.26. The van der Waals surface area contributed by atoms with Crippen LogP contribution < -0.4 is 5.32 Å². The van der Waals surface area contributed by atoms with Crippen LogP contribution in [0.2, 0.25) is 5.02 Å². The molecule has 1 N–H and O–H groups in total. The molecular weight excluding hydrogens is 326 g/mol. The van der Waals surface area contributed by atoms with Gasteiger partial charge in [-0.05, 0) is 19.1 Å². The van der Waals surface area contributed by atoms with Crippen molar-refractivity contribution in [2.75, 3.05) is 5.75 Å². The van der Waals surface area contributed by atoms with Crippen LogP contribution in [0.4, 0.5) is 0 Å². The summed E-state index contributed by atoms with van der Waals surface area (Å²) in [5.74, 6) is -0.604. The lowest BCUT2D eigenvalue weighted by Gasteiger charge is -2.11. The summed E-state index contributed by atoms with van der Waals surface area (Å²) in [7, 11) is -1.63. The molecule has 0 aliphatic carbocycles. The smallest absolute Gasteiger partial charge is 0.238 e. The minimum atomic E-state index is -3.41. The van der Waals surface area contributed by atoms with Gasteiger partial charge in [0.1, 0.15) is 5.25 Å². The van der Waals surface area contributed by atoms with Gasteiger partial charge in [0, 0.05) is 18.2 Å². The minimum Gasteiger partial charge on any atom is -0.349 e. The Bertz CT molecular complexity index is 814. The Morgan fingerprint density at radius 2 is 2.14 bits per heavy atom. The number of rotatable bonds is 5. The summed E-state index contributed by atoms with van der Waals surface area (Å²) in [5, 5.41) is 7.18. The van der Waals surface area contributed by atoms with Crippen molar-refractivity contribution in [3.8, 4) is 0 Å². The standard InChI is InChI=1S/C14H18ClN3O3S/c1-4-22(20,21)9(2)14(19)16-8-11-13-10(15)6-5-7-12(13)18(3)17-11/h5-7,9H,4,8H2,1-3H3,(H,16,19). The molecule has 2 aromatic rings. The highest BCUT2D eigenvalue weighted by molar-refractivity contribution is 7.92. The van der Waals surface area contributed by atoms with Crippen LogP contribution in [0.1, 0.15) is 19.5 Å². The average Bonchev–Trinajstić information content (AvgIpc) is 2.82. The number of aromatic nitrogens is 2. The average molecular weight is 344 g/mol. The molecule has 2 rings (SSSR count). The Morgan fingerprint density at radius 3 is 2.77 bits per heavy atom. The summed E-state index contributed by atoms with van der Waals surface area (Å²) in [6.45, 7) is 3.03. The van der Waals surface area contributed by atoms with Crippen molar-refractivity contribution >= 4 is 38.2 Å². The third kappa shape index (κ3) is 3.10. The zero-order valence-corrected chi connectivity index (χ0v) is 14.2. The van der Waals surface area contributed by atoms with Gasteiger partial charge in [-0.3, -0.25) is 9.48 Å². The Hall–Kier alpha value is -1.60. The fraction of sp³-hybridized carbons (Fsp3) is 0.429. The topological polar surface area (TPSA) is 81.1 Å². The predicted octanol–water partition coefficient (Wildman–Crippen LogP) is 1.67. The van der Waals surface area contributed by atoms with Crippen molar-refractivity contribution in [1.82, 2.24) is 15.1 Å². The van der Waals surface area contributed by atoms with E-state index in [0.29, 0.717) is 10.7 Å². The van der Waals surface area contributed by atoms with Gasteiger partial charge in [0.05, 0.1) is 22.8 Å². The molecule has 0 aliphatic rings. The normalized spacial score (nSPS) is 13.3. The molecule has 0 radical (unpaired) electrons. The molecule has 1 aromatic heterocycles. The van der Waals surface area contributed by atoms with Gasteiger partial charge in [-0.2, -0.15) is 5.10 Å². The first-order valence-electron chi connectivity index (χ1n) is 6.87. The number of carbonyl (C=O) groups is 1. The highest BCUT2D eigenvalue weighted by Gasteiger charge is 2.26. The maximum absolute atomic E-state index is 12.0. The Labute approximate surface area is 134 Å². The van der Waals surface area contributed by atoms with Crippen molar-refractivity contribution in [3.63, 3.8) is 0 Å². The number of fused-ring (bicyclic) bond motifs is 1. The number of carbonyl (C=O) groups excluding carboxylic acids is 1. The molecule has 6 nitrogen and oxygen atoms in total. The molecule has 0 spiro atoms. The van der Waals surface area contributed by atoms with Crippen LogP contribution in [0.3, 0.4) is 0 Å². The summed E-state index contributed by atoms with van der Waals surface area (Å²) >= 11 is 6.19. The quantitative estimate of drug-likeness (QED) is 0.895. The van der Waals surface area contributed by atoms with Gasteiger partial charge in [-0.15, -0.1) is 0 Å². The second kappa shape index (κ2) is 6.26. The molecule has 22 heavy (non-hydrogen) atoms. The van der Waals surface area contributed by atoms with Gasteiger partial charge in [-0.25, -0.2) is 8.42 Å². The molecule has 8 heteroatoms. The number of aryl methyl sites for hydroxylation is 1. The fourth-order valence-corrected chi connectivity index (χ4v) is 3.39. The molecule has 0 aliphatic heterocycles. The molecule has 0 saturated carbocycles. The summed E-state index contributed by atoms with van der Waals surface area (Å²) in [6.07, 6.45) is 0. The highest BCUT2D eigenvalue weighted by atomic mass is 35.5. The van der Waals surface area contributed by atoms with Crippen molar-refractivity contribution in [3.05, 3.63) is 28.9 Å². The van der Waals surface area contributed by atoms with Crippen molar-refractivity contribution < 1.29 is 13.2 Å². The fourth-order valence-electron chi connectivity index (χ4n) is 2.20. The maximum atomic E-state index is 12.0. The van der Waals surface area contributed by atoms with E-state index < -0.39 is 21.0 Å². The van der Waals surface area contributed by atoms with Crippen LogP contribution in [0.5, 0.6) is 0 Å². The third-order valence-electron chi connectivity index (χ3n) is 3.64. The van der Waals surface area contributed by atoms with Crippen LogP contribution in [0.25, 0.3) is 10.9 Å². The number of sulfone groups is 1. The molecule has 1 unspecified atom stereocenters. The van der Waals surface area contributed by atoms with Gasteiger partial charge in [0.15, 0.2) is 9.84 Å². The molecule has 1 amide bonds. The summed E-state index contributed by atoms with van der Waals surface area (Å²) in [5.41, 5.74) is 1.46. The van der Waals surface area contributed by atoms with E-state index in [2.05, 4.69) is 10.4 Å². The van der Waals surface area contributed by atoms with E-state index in [4.69, 9.17) is 11.6 Å². The molecule has 0 fully saturated rings. The van der Waals surface area contributed by atoms with E-state index in [1.165, 1.54) is 13.8 Å². The number of benzene rings is 1. The van der Waals surface area contributed by atoms with Crippen molar-refractivity contribution in [2.45, 2.75) is 25.6 Å². The molecule has 0 bridgehead atoms. The molecule has 1 aromatic carbocycles. The van der Waals surface area contributed by atoms with Gasteiger partial charge in [0.2, 0.25) is 5.91 Å². The van der Waals surface area contributed by atoms with E-state index in [-0.39, 0.29) is 12.3 Å². The Morgan fingerprint density at radius 1 is 1.45 bits per heavy atom. The number of nitrogens with zero attached hydrogens (tertiary/aromatic N) is 2. The number of nitrogens with one attached hydrogen (secondary N) is 1. The van der Waals surface area contributed by atoms with E-state index in [0.717, 1.165) is 10.9 Å². The first-order valence-corrected chi connectivity index (χ1v) is 8.96. The van der Waals surface area contributed by atoms with Gasteiger partial charge >= 0.3 is 0 Å². The SMILES string of the molecule is CCS(=O)(=O)C(C)C(=O)NCc1nn(C)c2cccc(Cl)c12. The van der Waals surface area contributed by atoms with Crippen LogP contribution >= 0.6 is 11.6 Å². The monoisotopic (exact) mass is 343 g/mol. The number of halogens is 1. The molecule has 0 saturated heterocycles. The lowest BCUT2D eigenvalue weighted by Crippen LogP contribution is -2.38. The second-order valence-corrected chi connectivity index (χ2v) is 8.03. The molecular formula is C14H18ClN3O3S. The first-order chi connectivity index (χ1) is 10.3. The first kappa shape index (κ1) is 16.8. The zero-order chi connectivity index (χ0) is 16.5. The second-order valence-electron chi connectivity index (χ2n) is 5.02. The Kier molecular flexibility index (Phi) is 4.77. The lowest BCUT2D eigenvalue weighted by atomic mass is 10.2. The largest absolute Gasteiger partial charge is 0.349 e. The van der Waals surface area contributed by atoms with E-state index in [1.807, 2.05) is 12.1 Å². The molecule has 120 valence electrons. The van der Waals surface area contributed by atoms with Crippen LogP contribution in [0.15, 0.2) is 18.2 Å². The van der Waals surface area contributed by atoms with Crippen LogP contribution in [-0.4, -0.2) is 35.1 Å². The summed E-state index contributed by atoms with van der Waals surface area (Å²) < 4.78 is 25.1. The number of amides is 1. The van der Waals surface area contributed by atoms with Crippen LogP contribution in [-0.2, 0) is 28.2 Å². The van der Waals surface area contributed by atoms with E-state index >= 15 is 0 Å². The van der Waals surface area contributed by atoms with Gasteiger partial charge < -0.3 is 5.32 Å². The molecule has 1 atom stereocenters. The van der Waals surface area contributed by atoms with Crippen LogP contribution in [0, 0.1) is 0 Å². The lowest BCUT2D eigenvalue weighted by molar-refractivity contribution is -0.120. The van der Waals surface area contributed by atoms with Gasteiger partial charge in [0.25, 0.3) is 0 Å². The minimum absolute atomic E-state index is 0.0695. The Balaban J connectivity index is 2.21. The maximum Gasteiger partial charge on any atom is 0.238 e. The van der Waals surface area contributed by atoms with E-state index in [9.17, 15) is 13.2 Å². The predicted molar refractivity (Wildman–Crippen MR) is 86.5 cm³/mol. The van der Waals surface area contributed by atoms with Crippen molar-refractivity contribution in [2.24, 2.45) is 7.05 Å².